The summed E-state index contributed by atoms with van der Waals surface area (Å²) >= 11 is 0. The lowest BCUT2D eigenvalue weighted by molar-refractivity contribution is 0.340. The first-order valence-corrected chi connectivity index (χ1v) is 5.14. The Kier molecular flexibility index (Phi) is 2.34. The molecule has 1 aliphatic rings. The van der Waals surface area contributed by atoms with Crippen molar-refractivity contribution in [2.75, 3.05) is 0 Å². The second kappa shape index (κ2) is 3.48. The molecule has 1 N–H and O–H groups in total. The smallest absolute Gasteiger partial charge is 0.153 e. The number of rotatable bonds is 1. The van der Waals surface area contributed by atoms with Crippen LogP contribution < -0.4 is 0 Å². The fourth-order valence-electron chi connectivity index (χ4n) is 2.06. The second-order valence-corrected chi connectivity index (χ2v) is 4.24. The molecular formula is C10H17N3. The fraction of sp³-hybridized carbons (Fsp3) is 0.800. The summed E-state index contributed by atoms with van der Waals surface area (Å²) in [6.07, 6.45) is 5.19. The molecule has 1 heterocycles. The molecule has 0 radical (unpaired) electrons. The normalized spacial score (nSPS) is 29.1. The number of H-pyrrole nitrogens is 1. The van der Waals surface area contributed by atoms with Crippen LogP contribution in [0.4, 0.5) is 0 Å². The van der Waals surface area contributed by atoms with Gasteiger partial charge < -0.3 is 0 Å². The molecule has 1 aromatic rings. The highest BCUT2D eigenvalue weighted by Crippen LogP contribution is 2.33. The Morgan fingerprint density at radius 3 is 2.46 bits per heavy atom. The SMILES string of the molecule is Cc1nc(C2CCC(C)CC2)n[nH]1. The summed E-state index contributed by atoms with van der Waals surface area (Å²) in [4.78, 5) is 4.39. The van der Waals surface area contributed by atoms with Crippen molar-refractivity contribution in [3.05, 3.63) is 11.6 Å². The predicted molar refractivity (Wildman–Crippen MR) is 51.5 cm³/mol. The third-order valence-corrected chi connectivity index (χ3v) is 3.00. The van der Waals surface area contributed by atoms with E-state index < -0.39 is 0 Å². The van der Waals surface area contributed by atoms with Gasteiger partial charge in [0.25, 0.3) is 0 Å². The molecule has 1 fully saturated rings. The molecule has 0 atom stereocenters. The van der Waals surface area contributed by atoms with Gasteiger partial charge in [0, 0.05) is 5.92 Å². The Balaban J connectivity index is 2.02. The maximum absolute atomic E-state index is 4.39. The van der Waals surface area contributed by atoms with Crippen LogP contribution >= 0.6 is 0 Å². The van der Waals surface area contributed by atoms with Gasteiger partial charge in [-0.1, -0.05) is 19.8 Å². The quantitative estimate of drug-likeness (QED) is 0.719. The molecule has 3 nitrogen and oxygen atoms in total. The molecule has 0 amide bonds. The zero-order valence-corrected chi connectivity index (χ0v) is 8.38. The monoisotopic (exact) mass is 179 g/mol. The van der Waals surface area contributed by atoms with Gasteiger partial charge in [0.2, 0.25) is 0 Å². The van der Waals surface area contributed by atoms with Crippen LogP contribution in [0.2, 0.25) is 0 Å². The van der Waals surface area contributed by atoms with Crippen molar-refractivity contribution in [3.8, 4) is 0 Å². The molecule has 1 aromatic heterocycles. The highest BCUT2D eigenvalue weighted by Gasteiger charge is 2.22. The van der Waals surface area contributed by atoms with E-state index >= 15 is 0 Å². The zero-order chi connectivity index (χ0) is 9.26. The summed E-state index contributed by atoms with van der Waals surface area (Å²) in [5.74, 6) is 3.48. The highest BCUT2D eigenvalue weighted by molar-refractivity contribution is 4.98. The van der Waals surface area contributed by atoms with Gasteiger partial charge in [0.1, 0.15) is 5.82 Å². The van der Waals surface area contributed by atoms with Crippen LogP contribution in [-0.2, 0) is 0 Å². The highest BCUT2D eigenvalue weighted by atomic mass is 15.2. The number of aryl methyl sites for hydroxylation is 1. The van der Waals surface area contributed by atoms with Crippen LogP contribution in [0.1, 0.15) is 50.2 Å². The lowest BCUT2D eigenvalue weighted by Crippen LogP contribution is -2.11. The molecule has 13 heavy (non-hydrogen) atoms. The van der Waals surface area contributed by atoms with E-state index in [1.165, 1.54) is 25.7 Å². The Labute approximate surface area is 79.0 Å². The number of aromatic nitrogens is 3. The van der Waals surface area contributed by atoms with Gasteiger partial charge in [-0.3, -0.25) is 5.10 Å². The van der Waals surface area contributed by atoms with Crippen molar-refractivity contribution in [2.45, 2.75) is 45.4 Å². The van der Waals surface area contributed by atoms with Crippen LogP contribution in [0.25, 0.3) is 0 Å². The maximum atomic E-state index is 4.39. The van der Waals surface area contributed by atoms with Crippen molar-refractivity contribution in [1.82, 2.24) is 15.2 Å². The second-order valence-electron chi connectivity index (χ2n) is 4.24. The van der Waals surface area contributed by atoms with Gasteiger partial charge in [-0.15, -0.1) is 0 Å². The zero-order valence-electron chi connectivity index (χ0n) is 8.38. The average Bonchev–Trinajstić information content (AvgIpc) is 2.53. The van der Waals surface area contributed by atoms with E-state index in [0.717, 1.165) is 17.6 Å². The molecule has 0 aromatic carbocycles. The maximum Gasteiger partial charge on any atom is 0.153 e. The molecule has 3 heteroatoms. The van der Waals surface area contributed by atoms with Crippen molar-refractivity contribution >= 4 is 0 Å². The van der Waals surface area contributed by atoms with Crippen LogP contribution in [-0.4, -0.2) is 15.2 Å². The summed E-state index contributed by atoms with van der Waals surface area (Å²) in [6, 6.07) is 0. The molecular weight excluding hydrogens is 162 g/mol. The van der Waals surface area contributed by atoms with Crippen molar-refractivity contribution in [2.24, 2.45) is 5.92 Å². The van der Waals surface area contributed by atoms with Gasteiger partial charge in [0.05, 0.1) is 0 Å². The molecule has 0 unspecified atom stereocenters. The van der Waals surface area contributed by atoms with E-state index in [9.17, 15) is 0 Å². The van der Waals surface area contributed by atoms with E-state index in [1.807, 2.05) is 6.92 Å². The Morgan fingerprint density at radius 2 is 1.92 bits per heavy atom. The molecule has 2 rings (SSSR count). The van der Waals surface area contributed by atoms with Crippen LogP contribution in [0.3, 0.4) is 0 Å². The average molecular weight is 179 g/mol. The van der Waals surface area contributed by atoms with Gasteiger partial charge >= 0.3 is 0 Å². The van der Waals surface area contributed by atoms with E-state index in [1.54, 1.807) is 0 Å². The Hall–Kier alpha value is -0.860. The lowest BCUT2D eigenvalue weighted by Gasteiger charge is -2.23. The molecule has 1 aliphatic carbocycles. The first-order chi connectivity index (χ1) is 6.25. The molecule has 1 saturated carbocycles. The minimum atomic E-state index is 0.612. The van der Waals surface area contributed by atoms with Gasteiger partial charge in [-0.25, -0.2) is 4.98 Å². The minimum Gasteiger partial charge on any atom is -0.263 e. The van der Waals surface area contributed by atoms with E-state index in [0.29, 0.717) is 5.92 Å². The molecule has 72 valence electrons. The van der Waals surface area contributed by atoms with Crippen molar-refractivity contribution in [3.63, 3.8) is 0 Å². The summed E-state index contributed by atoms with van der Waals surface area (Å²) in [5, 5.41) is 7.14. The van der Waals surface area contributed by atoms with Crippen molar-refractivity contribution in [1.29, 1.82) is 0 Å². The summed E-state index contributed by atoms with van der Waals surface area (Å²) in [5.41, 5.74) is 0. The van der Waals surface area contributed by atoms with E-state index in [-0.39, 0.29) is 0 Å². The van der Waals surface area contributed by atoms with Gasteiger partial charge in [-0.05, 0) is 25.7 Å². The number of hydrogen-bond donors (Lipinski definition) is 1. The molecule has 0 saturated heterocycles. The first kappa shape index (κ1) is 8.73. The van der Waals surface area contributed by atoms with Crippen LogP contribution in [0, 0.1) is 12.8 Å². The topological polar surface area (TPSA) is 41.6 Å². The van der Waals surface area contributed by atoms with Crippen LogP contribution in [0.15, 0.2) is 0 Å². The summed E-state index contributed by atoms with van der Waals surface area (Å²) < 4.78 is 0. The Bertz CT molecular complexity index is 271. The molecule has 0 bridgehead atoms. The number of aromatic amines is 1. The van der Waals surface area contributed by atoms with Gasteiger partial charge in [-0.2, -0.15) is 5.10 Å². The summed E-state index contributed by atoms with van der Waals surface area (Å²) in [6.45, 7) is 4.29. The third-order valence-electron chi connectivity index (χ3n) is 3.00. The number of nitrogens with zero attached hydrogens (tertiary/aromatic N) is 2. The lowest BCUT2D eigenvalue weighted by atomic mass is 9.83. The van der Waals surface area contributed by atoms with E-state index in [4.69, 9.17) is 0 Å². The van der Waals surface area contributed by atoms with E-state index in [2.05, 4.69) is 22.1 Å². The number of hydrogen-bond acceptors (Lipinski definition) is 2. The van der Waals surface area contributed by atoms with Crippen LogP contribution in [0.5, 0.6) is 0 Å². The first-order valence-electron chi connectivity index (χ1n) is 5.14. The minimum absolute atomic E-state index is 0.612. The largest absolute Gasteiger partial charge is 0.263 e. The fourth-order valence-corrected chi connectivity index (χ4v) is 2.06. The number of nitrogens with one attached hydrogen (secondary N) is 1. The molecule has 0 aliphatic heterocycles. The predicted octanol–water partition coefficient (Wildman–Crippen LogP) is 2.41. The standard InChI is InChI=1S/C10H17N3/c1-7-3-5-9(6-4-7)10-11-8(2)12-13-10/h7,9H,3-6H2,1-2H3,(H,11,12,13). The van der Waals surface area contributed by atoms with Crippen molar-refractivity contribution < 1.29 is 0 Å². The molecule has 0 spiro atoms. The Morgan fingerprint density at radius 1 is 1.23 bits per heavy atom. The summed E-state index contributed by atoms with van der Waals surface area (Å²) in [7, 11) is 0. The van der Waals surface area contributed by atoms with Gasteiger partial charge in [0.15, 0.2) is 5.82 Å². The third kappa shape index (κ3) is 1.90.